The maximum Gasteiger partial charge on any atom is 0.242 e. The van der Waals surface area contributed by atoms with Crippen LogP contribution in [0.25, 0.3) is 0 Å². The summed E-state index contributed by atoms with van der Waals surface area (Å²) in [6.45, 7) is 2.53. The van der Waals surface area contributed by atoms with Crippen molar-refractivity contribution in [2.45, 2.75) is 43.3 Å². The Hall–Kier alpha value is -1.15. The quantitative estimate of drug-likeness (QED) is 0.731. The lowest BCUT2D eigenvalue weighted by molar-refractivity contribution is 0.568. The number of aromatic nitrogens is 1. The van der Waals surface area contributed by atoms with Crippen molar-refractivity contribution >= 4 is 21.4 Å². The maximum absolute atomic E-state index is 12.4. The van der Waals surface area contributed by atoms with Crippen LogP contribution in [-0.4, -0.2) is 19.4 Å². The van der Waals surface area contributed by atoms with Crippen LogP contribution in [0.2, 0.25) is 0 Å². The van der Waals surface area contributed by atoms with E-state index in [1.807, 2.05) is 24.4 Å². The average Bonchev–Trinajstić information content (AvgIpc) is 2.96. The molecule has 3 N–H and O–H groups in total. The van der Waals surface area contributed by atoms with E-state index in [1.165, 1.54) is 12.8 Å². The first kappa shape index (κ1) is 14.8. The molecule has 1 aliphatic carbocycles. The van der Waals surface area contributed by atoms with Crippen molar-refractivity contribution < 1.29 is 8.42 Å². The minimum absolute atomic E-state index is 0.224. The highest BCUT2D eigenvalue weighted by molar-refractivity contribution is 7.89. The summed E-state index contributed by atoms with van der Waals surface area (Å²) in [5, 5.41) is 5.30. The van der Waals surface area contributed by atoms with Crippen LogP contribution in [-0.2, 0) is 16.6 Å². The average molecular weight is 325 g/mol. The standard InChI is InChI=1S/C14H19N3O2S2/c1-10(14-3-2-6-20-14)17-21(18,19)13-7-12(16-9-13)8-15-11-4-5-11/h2-3,6-7,9-11,15-17H,4-5,8H2,1H3. The van der Waals surface area contributed by atoms with Gasteiger partial charge >= 0.3 is 0 Å². The van der Waals surface area contributed by atoms with Crippen LogP contribution in [0.4, 0.5) is 0 Å². The van der Waals surface area contributed by atoms with Crippen molar-refractivity contribution in [2.24, 2.45) is 0 Å². The molecular formula is C14H19N3O2S2. The van der Waals surface area contributed by atoms with Crippen LogP contribution in [0.1, 0.15) is 36.4 Å². The molecule has 2 aromatic heterocycles. The highest BCUT2D eigenvalue weighted by Crippen LogP contribution is 2.22. The van der Waals surface area contributed by atoms with Crippen molar-refractivity contribution in [1.29, 1.82) is 0 Å². The molecular weight excluding hydrogens is 306 g/mol. The normalized spacial score (nSPS) is 17.0. The zero-order valence-electron chi connectivity index (χ0n) is 11.8. The first-order chi connectivity index (χ1) is 10.0. The molecule has 1 aliphatic rings. The van der Waals surface area contributed by atoms with Gasteiger partial charge in [-0.15, -0.1) is 11.3 Å². The van der Waals surface area contributed by atoms with Crippen LogP contribution in [0.5, 0.6) is 0 Å². The van der Waals surface area contributed by atoms with Gasteiger partial charge in [0.05, 0.1) is 10.9 Å². The molecule has 0 bridgehead atoms. The molecule has 2 heterocycles. The molecule has 114 valence electrons. The number of H-pyrrole nitrogens is 1. The molecule has 21 heavy (non-hydrogen) atoms. The molecule has 7 heteroatoms. The Labute approximate surface area is 128 Å². The number of aromatic amines is 1. The Kier molecular flexibility index (Phi) is 4.17. The second-order valence-corrected chi connectivity index (χ2v) is 8.07. The van der Waals surface area contributed by atoms with Gasteiger partial charge in [-0.3, -0.25) is 0 Å². The Bertz CT molecular complexity index is 688. The monoisotopic (exact) mass is 325 g/mol. The Balaban J connectivity index is 1.66. The predicted molar refractivity (Wildman–Crippen MR) is 83.7 cm³/mol. The van der Waals surface area contributed by atoms with Crippen LogP contribution in [0.3, 0.4) is 0 Å². The van der Waals surface area contributed by atoms with Gasteiger partial charge in [0.25, 0.3) is 0 Å². The number of nitrogens with one attached hydrogen (secondary N) is 3. The van der Waals surface area contributed by atoms with E-state index in [9.17, 15) is 8.42 Å². The molecule has 1 unspecified atom stereocenters. The molecule has 3 rings (SSSR count). The predicted octanol–water partition coefficient (Wildman–Crippen LogP) is 2.37. The molecule has 0 aromatic carbocycles. The second kappa shape index (κ2) is 5.92. The van der Waals surface area contributed by atoms with E-state index >= 15 is 0 Å². The lowest BCUT2D eigenvalue weighted by Crippen LogP contribution is -2.26. The van der Waals surface area contributed by atoms with E-state index in [0.717, 1.165) is 10.6 Å². The highest BCUT2D eigenvalue weighted by Gasteiger charge is 2.22. The molecule has 1 saturated carbocycles. The third-order valence-electron chi connectivity index (χ3n) is 3.49. The number of sulfonamides is 1. The third-order valence-corrected chi connectivity index (χ3v) is 6.06. The summed E-state index contributed by atoms with van der Waals surface area (Å²) in [5.41, 5.74) is 0.894. The van der Waals surface area contributed by atoms with Gasteiger partial charge in [0.2, 0.25) is 10.0 Å². The molecule has 1 fully saturated rings. The summed E-state index contributed by atoms with van der Waals surface area (Å²) in [5.74, 6) is 0. The summed E-state index contributed by atoms with van der Waals surface area (Å²) < 4.78 is 27.4. The van der Waals surface area contributed by atoms with E-state index in [0.29, 0.717) is 17.5 Å². The van der Waals surface area contributed by atoms with Gasteiger partial charge in [-0.25, -0.2) is 13.1 Å². The fourth-order valence-electron chi connectivity index (χ4n) is 2.11. The highest BCUT2D eigenvalue weighted by atomic mass is 32.2. The fourth-order valence-corrected chi connectivity index (χ4v) is 4.16. The molecule has 0 aliphatic heterocycles. The topological polar surface area (TPSA) is 74.0 Å². The van der Waals surface area contributed by atoms with Gasteiger partial charge in [-0.1, -0.05) is 6.07 Å². The van der Waals surface area contributed by atoms with Gasteiger partial charge in [0, 0.05) is 29.4 Å². The van der Waals surface area contributed by atoms with E-state index in [4.69, 9.17) is 0 Å². The fraction of sp³-hybridized carbons (Fsp3) is 0.429. The number of thiophene rings is 1. The SMILES string of the molecule is CC(NS(=O)(=O)c1c[nH]c(CNC2CC2)c1)c1cccs1. The Morgan fingerprint density at radius 2 is 2.29 bits per heavy atom. The minimum Gasteiger partial charge on any atom is -0.363 e. The summed E-state index contributed by atoms with van der Waals surface area (Å²) in [4.78, 5) is 4.32. The van der Waals surface area contributed by atoms with Crippen LogP contribution in [0, 0.1) is 0 Å². The van der Waals surface area contributed by atoms with Gasteiger partial charge in [0.15, 0.2) is 0 Å². The molecule has 0 spiro atoms. The van der Waals surface area contributed by atoms with E-state index < -0.39 is 10.0 Å². The van der Waals surface area contributed by atoms with Gasteiger partial charge in [-0.05, 0) is 37.3 Å². The van der Waals surface area contributed by atoms with Crippen LogP contribution >= 0.6 is 11.3 Å². The second-order valence-electron chi connectivity index (χ2n) is 5.37. The Morgan fingerprint density at radius 3 is 2.95 bits per heavy atom. The zero-order chi connectivity index (χ0) is 14.9. The first-order valence-electron chi connectivity index (χ1n) is 7.01. The van der Waals surface area contributed by atoms with Gasteiger partial charge in [0.1, 0.15) is 0 Å². The third kappa shape index (κ3) is 3.74. The largest absolute Gasteiger partial charge is 0.363 e. The molecule has 0 saturated heterocycles. The van der Waals surface area contributed by atoms with Crippen molar-refractivity contribution in [2.75, 3.05) is 0 Å². The Morgan fingerprint density at radius 1 is 1.48 bits per heavy atom. The molecule has 5 nitrogen and oxygen atoms in total. The van der Waals surface area contributed by atoms with E-state index in [-0.39, 0.29) is 6.04 Å². The van der Waals surface area contributed by atoms with Crippen LogP contribution in [0.15, 0.2) is 34.7 Å². The lowest BCUT2D eigenvalue weighted by Gasteiger charge is -2.11. The first-order valence-corrected chi connectivity index (χ1v) is 9.37. The van der Waals surface area contributed by atoms with Gasteiger partial charge < -0.3 is 10.3 Å². The molecule has 0 radical (unpaired) electrons. The van der Waals surface area contributed by atoms with Crippen LogP contribution < -0.4 is 10.0 Å². The molecule has 0 amide bonds. The van der Waals surface area contributed by atoms with E-state index in [1.54, 1.807) is 23.6 Å². The van der Waals surface area contributed by atoms with E-state index in [2.05, 4.69) is 15.0 Å². The molecule has 1 atom stereocenters. The van der Waals surface area contributed by atoms with Crippen molar-refractivity contribution in [3.63, 3.8) is 0 Å². The van der Waals surface area contributed by atoms with Gasteiger partial charge in [-0.2, -0.15) is 0 Å². The lowest BCUT2D eigenvalue weighted by atomic mass is 10.3. The summed E-state index contributed by atoms with van der Waals surface area (Å²) in [6.07, 6.45) is 3.98. The molecule has 2 aromatic rings. The summed E-state index contributed by atoms with van der Waals surface area (Å²) in [7, 11) is -3.49. The summed E-state index contributed by atoms with van der Waals surface area (Å²) >= 11 is 1.55. The van der Waals surface area contributed by atoms with Crippen molar-refractivity contribution in [3.8, 4) is 0 Å². The maximum atomic E-state index is 12.4. The smallest absolute Gasteiger partial charge is 0.242 e. The van der Waals surface area contributed by atoms with Crippen molar-refractivity contribution in [1.82, 2.24) is 15.0 Å². The zero-order valence-corrected chi connectivity index (χ0v) is 13.4. The number of hydrogen-bond acceptors (Lipinski definition) is 4. The van der Waals surface area contributed by atoms with Crippen molar-refractivity contribution in [3.05, 3.63) is 40.3 Å². The minimum atomic E-state index is -3.49. The number of rotatable bonds is 7. The summed E-state index contributed by atoms with van der Waals surface area (Å²) in [6, 6.07) is 5.92. The number of hydrogen-bond donors (Lipinski definition) is 3.